The molecule has 0 fully saturated rings. The van der Waals surface area contributed by atoms with Gasteiger partial charge in [-0.1, -0.05) is 12.1 Å². The maximum absolute atomic E-state index is 12.7. The van der Waals surface area contributed by atoms with Crippen LogP contribution in [-0.4, -0.2) is 47.7 Å². The summed E-state index contributed by atoms with van der Waals surface area (Å²) in [5.74, 6) is 0.159. The Hall–Kier alpha value is -2.81. The molecule has 1 aliphatic rings. The molecule has 0 radical (unpaired) electrons. The summed E-state index contributed by atoms with van der Waals surface area (Å²) in [5, 5.41) is 18.7. The summed E-state index contributed by atoms with van der Waals surface area (Å²) >= 11 is 1.68. The first-order valence-electron chi connectivity index (χ1n) is 9.28. The van der Waals surface area contributed by atoms with E-state index in [1.165, 1.54) is 9.60 Å². The van der Waals surface area contributed by atoms with Crippen LogP contribution >= 0.6 is 11.3 Å². The Bertz CT molecular complexity index is 995. The Morgan fingerprint density at radius 2 is 2.07 bits per heavy atom. The SMILES string of the molecule is Cc1nnc2n1CC(C(=O)O)N(C(=O)CCCCc1nc3ccccc3s1)C2. The molecule has 0 saturated carbocycles. The molecule has 8 nitrogen and oxygen atoms in total. The lowest BCUT2D eigenvalue weighted by Crippen LogP contribution is -2.50. The summed E-state index contributed by atoms with van der Waals surface area (Å²) in [7, 11) is 0. The standard InChI is InChI=1S/C19H21N5O3S/c1-12-21-22-16-11-24(14(19(26)27)10-23(12)16)18(25)9-5-4-8-17-20-13-6-2-3-7-15(13)28-17/h2-3,6-7,14H,4-5,8-11H2,1H3,(H,26,27). The molecular weight excluding hydrogens is 378 g/mol. The normalized spacial score (nSPS) is 16.3. The third-order valence-corrected chi connectivity index (χ3v) is 6.13. The Kier molecular flexibility index (Phi) is 5.08. The van der Waals surface area contributed by atoms with E-state index in [2.05, 4.69) is 21.2 Å². The van der Waals surface area contributed by atoms with Crippen LogP contribution in [-0.2, 0) is 29.1 Å². The Labute approximate surface area is 165 Å². The van der Waals surface area contributed by atoms with E-state index in [4.69, 9.17) is 0 Å². The molecular formula is C19H21N5O3S. The third-order valence-electron chi connectivity index (χ3n) is 5.03. The molecule has 0 spiro atoms. The van der Waals surface area contributed by atoms with Crippen LogP contribution in [0.25, 0.3) is 10.2 Å². The van der Waals surface area contributed by atoms with Gasteiger partial charge in [0.2, 0.25) is 5.91 Å². The van der Waals surface area contributed by atoms with Crippen molar-refractivity contribution in [2.75, 3.05) is 0 Å². The molecule has 28 heavy (non-hydrogen) atoms. The summed E-state index contributed by atoms with van der Waals surface area (Å²) in [6, 6.07) is 7.16. The zero-order valence-corrected chi connectivity index (χ0v) is 16.4. The Morgan fingerprint density at radius 3 is 2.86 bits per heavy atom. The first kappa shape index (κ1) is 18.5. The second-order valence-corrected chi connectivity index (χ2v) is 8.05. The van der Waals surface area contributed by atoms with Crippen LogP contribution in [0.15, 0.2) is 24.3 Å². The molecule has 1 atom stereocenters. The predicted molar refractivity (Wildman–Crippen MR) is 104 cm³/mol. The van der Waals surface area contributed by atoms with E-state index in [1.807, 2.05) is 18.2 Å². The van der Waals surface area contributed by atoms with Crippen molar-refractivity contribution < 1.29 is 14.7 Å². The third kappa shape index (κ3) is 3.62. The van der Waals surface area contributed by atoms with Crippen LogP contribution in [0, 0.1) is 6.92 Å². The minimum Gasteiger partial charge on any atom is -0.480 e. The van der Waals surface area contributed by atoms with Crippen LogP contribution in [0.1, 0.15) is 35.9 Å². The maximum Gasteiger partial charge on any atom is 0.328 e. The molecule has 0 bridgehead atoms. The molecule has 1 unspecified atom stereocenters. The zero-order valence-electron chi connectivity index (χ0n) is 15.5. The van der Waals surface area contributed by atoms with Gasteiger partial charge in [0.1, 0.15) is 11.9 Å². The fourth-order valence-corrected chi connectivity index (χ4v) is 4.52. The average Bonchev–Trinajstić information content (AvgIpc) is 3.27. The fourth-order valence-electron chi connectivity index (χ4n) is 3.51. The summed E-state index contributed by atoms with van der Waals surface area (Å²) in [4.78, 5) is 30.4. The summed E-state index contributed by atoms with van der Waals surface area (Å²) in [5.41, 5.74) is 1.01. The first-order chi connectivity index (χ1) is 13.5. The molecule has 3 heterocycles. The van der Waals surface area contributed by atoms with Gasteiger partial charge >= 0.3 is 5.97 Å². The minimum atomic E-state index is -0.999. The number of carbonyl (C=O) groups excluding carboxylic acids is 1. The lowest BCUT2D eigenvalue weighted by Gasteiger charge is -2.33. The number of unbranched alkanes of at least 4 members (excludes halogenated alkanes) is 1. The number of aromatic nitrogens is 4. The fraction of sp³-hybridized carbons (Fsp3) is 0.421. The number of para-hydroxylation sites is 1. The van der Waals surface area contributed by atoms with E-state index >= 15 is 0 Å². The number of benzene rings is 1. The van der Waals surface area contributed by atoms with Gasteiger partial charge in [-0.05, 0) is 38.3 Å². The highest BCUT2D eigenvalue weighted by molar-refractivity contribution is 7.18. The van der Waals surface area contributed by atoms with Gasteiger partial charge in [-0.2, -0.15) is 0 Å². The lowest BCUT2D eigenvalue weighted by atomic mass is 10.1. The molecule has 9 heteroatoms. The van der Waals surface area contributed by atoms with Crippen molar-refractivity contribution in [1.82, 2.24) is 24.6 Å². The van der Waals surface area contributed by atoms with Crippen LogP contribution in [0.2, 0.25) is 0 Å². The number of carboxylic acids is 1. The number of rotatable bonds is 6. The number of carbonyl (C=O) groups is 2. The van der Waals surface area contributed by atoms with Crippen LogP contribution < -0.4 is 0 Å². The molecule has 0 aliphatic carbocycles. The highest BCUT2D eigenvalue weighted by atomic mass is 32.1. The van der Waals surface area contributed by atoms with Crippen LogP contribution in [0.4, 0.5) is 0 Å². The average molecular weight is 399 g/mol. The van der Waals surface area contributed by atoms with E-state index in [1.54, 1.807) is 22.8 Å². The topological polar surface area (TPSA) is 101 Å². The number of aryl methyl sites for hydroxylation is 2. The Morgan fingerprint density at radius 1 is 1.25 bits per heavy atom. The van der Waals surface area contributed by atoms with E-state index in [0.29, 0.717) is 24.5 Å². The number of hydrogen-bond donors (Lipinski definition) is 1. The van der Waals surface area contributed by atoms with Crippen molar-refractivity contribution in [1.29, 1.82) is 0 Å². The number of aliphatic carboxylic acids is 1. The highest BCUT2D eigenvalue weighted by Gasteiger charge is 2.35. The number of nitrogens with zero attached hydrogens (tertiary/aromatic N) is 5. The molecule has 4 rings (SSSR count). The molecule has 1 amide bonds. The van der Waals surface area contributed by atoms with Crippen molar-refractivity contribution in [3.63, 3.8) is 0 Å². The number of amides is 1. The molecule has 3 aromatic rings. The highest BCUT2D eigenvalue weighted by Crippen LogP contribution is 2.23. The molecule has 1 aromatic carbocycles. The lowest BCUT2D eigenvalue weighted by molar-refractivity contribution is -0.152. The summed E-state index contributed by atoms with van der Waals surface area (Å²) in [6.45, 7) is 2.17. The summed E-state index contributed by atoms with van der Waals surface area (Å²) < 4.78 is 2.95. The maximum atomic E-state index is 12.7. The van der Waals surface area contributed by atoms with Crippen molar-refractivity contribution >= 4 is 33.4 Å². The molecule has 1 aliphatic heterocycles. The van der Waals surface area contributed by atoms with Crippen molar-refractivity contribution in [2.45, 2.75) is 51.7 Å². The summed E-state index contributed by atoms with van der Waals surface area (Å²) in [6.07, 6.45) is 2.68. The second-order valence-electron chi connectivity index (χ2n) is 6.93. The number of carboxylic acid groups (broad SMARTS) is 1. The second kappa shape index (κ2) is 7.67. The van der Waals surface area contributed by atoms with E-state index in [0.717, 1.165) is 23.4 Å². The van der Waals surface area contributed by atoms with Gasteiger partial charge in [-0.3, -0.25) is 4.79 Å². The first-order valence-corrected chi connectivity index (χ1v) is 10.1. The van der Waals surface area contributed by atoms with Gasteiger partial charge in [0.25, 0.3) is 0 Å². The van der Waals surface area contributed by atoms with E-state index in [9.17, 15) is 14.7 Å². The van der Waals surface area contributed by atoms with Crippen LogP contribution in [0.3, 0.4) is 0 Å². The van der Waals surface area contributed by atoms with Gasteiger partial charge in [0.05, 0.1) is 28.3 Å². The van der Waals surface area contributed by atoms with Crippen molar-refractivity contribution in [3.05, 3.63) is 40.9 Å². The monoisotopic (exact) mass is 399 g/mol. The van der Waals surface area contributed by atoms with Crippen LogP contribution in [0.5, 0.6) is 0 Å². The van der Waals surface area contributed by atoms with Crippen molar-refractivity contribution in [2.24, 2.45) is 0 Å². The largest absolute Gasteiger partial charge is 0.480 e. The number of thiazole rings is 1. The quantitative estimate of drug-likeness (QED) is 0.639. The molecule has 0 saturated heterocycles. The van der Waals surface area contributed by atoms with E-state index in [-0.39, 0.29) is 19.0 Å². The number of fused-ring (bicyclic) bond motifs is 2. The molecule has 146 valence electrons. The zero-order chi connectivity index (χ0) is 19.7. The van der Waals surface area contributed by atoms with Gasteiger partial charge in [0, 0.05) is 6.42 Å². The molecule has 1 N–H and O–H groups in total. The smallest absolute Gasteiger partial charge is 0.328 e. The number of hydrogen-bond acceptors (Lipinski definition) is 6. The van der Waals surface area contributed by atoms with E-state index < -0.39 is 12.0 Å². The minimum absolute atomic E-state index is 0.149. The molecule has 2 aromatic heterocycles. The predicted octanol–water partition coefficient (Wildman–Crippen LogP) is 2.40. The van der Waals surface area contributed by atoms with Gasteiger partial charge in [-0.15, -0.1) is 21.5 Å². The van der Waals surface area contributed by atoms with Gasteiger partial charge in [0.15, 0.2) is 5.82 Å². The van der Waals surface area contributed by atoms with Crippen molar-refractivity contribution in [3.8, 4) is 0 Å². The van der Waals surface area contributed by atoms with Gasteiger partial charge < -0.3 is 14.6 Å². The van der Waals surface area contributed by atoms with Gasteiger partial charge in [-0.25, -0.2) is 9.78 Å². The Balaban J connectivity index is 1.34.